The second kappa shape index (κ2) is 10.9. The lowest BCUT2D eigenvalue weighted by Gasteiger charge is -2.30. The monoisotopic (exact) mass is 395 g/mol. The van der Waals surface area contributed by atoms with E-state index in [0.717, 1.165) is 43.1 Å². The zero-order valence-electron chi connectivity index (χ0n) is 17.1. The highest BCUT2D eigenvalue weighted by atomic mass is 28.4. The Labute approximate surface area is 164 Å². The summed E-state index contributed by atoms with van der Waals surface area (Å²) < 4.78 is 23.3. The van der Waals surface area contributed by atoms with Crippen LogP contribution in [0.1, 0.15) is 43.6 Å². The first-order valence-electron chi connectivity index (χ1n) is 9.93. The Morgan fingerprint density at radius 2 is 1.67 bits per heavy atom. The second-order valence-corrected chi connectivity index (χ2v) is 9.21. The SMILES string of the molecule is CCO[Si](CCc1cc(N2CCOCC2)ccc1C(C)=O)(OCC)OCC. The Kier molecular flexibility index (Phi) is 8.91. The molecule has 1 saturated heterocycles. The number of rotatable bonds is 11. The maximum atomic E-state index is 12.1. The molecule has 0 spiro atoms. The summed E-state index contributed by atoms with van der Waals surface area (Å²) in [4.78, 5) is 14.4. The number of morpholine rings is 1. The number of Topliss-reactive ketones (excluding diaryl/α,β-unsaturated/α-hetero) is 1. The molecule has 1 aromatic carbocycles. The van der Waals surface area contributed by atoms with Gasteiger partial charge in [-0.15, -0.1) is 0 Å². The lowest BCUT2D eigenvalue weighted by atomic mass is 10.0. The molecule has 27 heavy (non-hydrogen) atoms. The van der Waals surface area contributed by atoms with E-state index in [0.29, 0.717) is 32.3 Å². The van der Waals surface area contributed by atoms with E-state index in [1.807, 2.05) is 32.9 Å². The fourth-order valence-corrected chi connectivity index (χ4v) is 6.02. The molecule has 0 aliphatic carbocycles. The van der Waals surface area contributed by atoms with E-state index in [2.05, 4.69) is 11.0 Å². The van der Waals surface area contributed by atoms with Crippen LogP contribution in [0.15, 0.2) is 18.2 Å². The molecule has 2 rings (SSSR count). The number of benzene rings is 1. The minimum absolute atomic E-state index is 0.0787. The van der Waals surface area contributed by atoms with Crippen LogP contribution in [0.4, 0.5) is 5.69 Å². The third-order valence-corrected chi connectivity index (χ3v) is 7.69. The molecule has 0 bridgehead atoms. The molecule has 1 aromatic rings. The number of carbonyl (C=O) groups excluding carboxylic acids is 1. The van der Waals surface area contributed by atoms with Crippen LogP contribution in [0.25, 0.3) is 0 Å². The number of hydrogen-bond acceptors (Lipinski definition) is 6. The summed E-state index contributed by atoms with van der Waals surface area (Å²) >= 11 is 0. The van der Waals surface area contributed by atoms with Crippen molar-refractivity contribution in [2.24, 2.45) is 0 Å². The van der Waals surface area contributed by atoms with Gasteiger partial charge < -0.3 is 22.9 Å². The fourth-order valence-electron chi connectivity index (χ4n) is 3.44. The summed E-state index contributed by atoms with van der Waals surface area (Å²) in [6, 6.07) is 6.76. The van der Waals surface area contributed by atoms with Gasteiger partial charge in [0.1, 0.15) is 0 Å². The molecule has 1 heterocycles. The maximum absolute atomic E-state index is 12.1. The number of aryl methyl sites for hydroxylation is 1. The van der Waals surface area contributed by atoms with Gasteiger partial charge in [0, 0.05) is 50.2 Å². The van der Waals surface area contributed by atoms with Crippen molar-refractivity contribution in [3.63, 3.8) is 0 Å². The number of nitrogens with zero attached hydrogens (tertiary/aromatic N) is 1. The van der Waals surface area contributed by atoms with Crippen molar-refractivity contribution in [1.82, 2.24) is 0 Å². The zero-order chi connectivity index (χ0) is 19.7. The number of ketones is 1. The van der Waals surface area contributed by atoms with Crippen LogP contribution >= 0.6 is 0 Å². The van der Waals surface area contributed by atoms with E-state index >= 15 is 0 Å². The molecule has 6 nitrogen and oxygen atoms in total. The summed E-state index contributed by atoms with van der Waals surface area (Å²) in [6.45, 7) is 12.4. The molecule has 0 amide bonds. The van der Waals surface area contributed by atoms with E-state index in [4.69, 9.17) is 18.0 Å². The summed E-state index contributed by atoms with van der Waals surface area (Å²) in [5.41, 5.74) is 2.93. The van der Waals surface area contributed by atoms with Gasteiger partial charge in [-0.05, 0) is 57.9 Å². The van der Waals surface area contributed by atoms with Crippen molar-refractivity contribution in [3.8, 4) is 0 Å². The Morgan fingerprint density at radius 3 is 2.19 bits per heavy atom. The smallest absolute Gasteiger partial charge is 0.378 e. The van der Waals surface area contributed by atoms with Gasteiger partial charge in [-0.3, -0.25) is 4.79 Å². The molecule has 0 aromatic heterocycles. The van der Waals surface area contributed by atoms with Crippen LogP contribution in [0.3, 0.4) is 0 Å². The number of ether oxygens (including phenoxy) is 1. The molecule has 0 unspecified atom stereocenters. The molecule has 1 aliphatic heterocycles. The van der Waals surface area contributed by atoms with Crippen molar-refractivity contribution in [2.75, 3.05) is 51.0 Å². The second-order valence-electron chi connectivity index (χ2n) is 6.48. The van der Waals surface area contributed by atoms with E-state index < -0.39 is 8.80 Å². The predicted molar refractivity (Wildman–Crippen MR) is 109 cm³/mol. The number of hydrogen-bond donors (Lipinski definition) is 0. The van der Waals surface area contributed by atoms with Crippen LogP contribution in [-0.2, 0) is 24.4 Å². The average Bonchev–Trinajstić information content (AvgIpc) is 2.67. The Hall–Kier alpha value is -1.25. The van der Waals surface area contributed by atoms with Gasteiger partial charge in [-0.1, -0.05) is 0 Å². The maximum Gasteiger partial charge on any atom is 0.501 e. The third kappa shape index (κ3) is 6.12. The van der Waals surface area contributed by atoms with Crippen molar-refractivity contribution in [2.45, 2.75) is 40.2 Å². The summed E-state index contributed by atoms with van der Waals surface area (Å²) in [5.74, 6) is 0.0787. The first kappa shape index (κ1) is 22.0. The van der Waals surface area contributed by atoms with Gasteiger partial charge in [-0.2, -0.15) is 0 Å². The molecule has 0 atom stereocenters. The highest BCUT2D eigenvalue weighted by molar-refractivity contribution is 6.60. The quantitative estimate of drug-likeness (QED) is 0.423. The van der Waals surface area contributed by atoms with Gasteiger partial charge in [0.15, 0.2) is 5.78 Å². The minimum Gasteiger partial charge on any atom is -0.378 e. The van der Waals surface area contributed by atoms with Gasteiger partial charge in [0.05, 0.1) is 13.2 Å². The highest BCUT2D eigenvalue weighted by Crippen LogP contribution is 2.26. The fraction of sp³-hybridized carbons (Fsp3) is 0.650. The first-order chi connectivity index (χ1) is 13.0. The standard InChI is InChI=1S/C20H33NO5Si/c1-5-24-27(25-6-2,26-7-3)15-10-18-16-19(8-9-20(18)17(4)22)21-11-13-23-14-12-21/h8-9,16H,5-7,10-15H2,1-4H3. The van der Waals surface area contributed by atoms with Crippen LogP contribution in [0.2, 0.25) is 6.04 Å². The van der Waals surface area contributed by atoms with E-state index in [1.54, 1.807) is 6.92 Å². The largest absolute Gasteiger partial charge is 0.501 e. The summed E-state index contributed by atoms with van der Waals surface area (Å²) in [6.07, 6.45) is 0.694. The summed E-state index contributed by atoms with van der Waals surface area (Å²) in [5, 5.41) is 0. The van der Waals surface area contributed by atoms with Crippen LogP contribution in [-0.4, -0.2) is 60.7 Å². The van der Waals surface area contributed by atoms with Crippen molar-refractivity contribution < 1.29 is 22.8 Å². The predicted octanol–water partition coefficient (Wildman–Crippen LogP) is 3.32. The molecule has 1 aliphatic rings. The van der Waals surface area contributed by atoms with Gasteiger partial charge in [-0.25, -0.2) is 0 Å². The van der Waals surface area contributed by atoms with E-state index in [1.165, 1.54) is 0 Å². The lowest BCUT2D eigenvalue weighted by Crippen LogP contribution is -2.46. The number of anilines is 1. The normalized spacial score (nSPS) is 15.2. The zero-order valence-corrected chi connectivity index (χ0v) is 18.1. The Morgan fingerprint density at radius 1 is 1.07 bits per heavy atom. The Balaban J connectivity index is 2.23. The van der Waals surface area contributed by atoms with Crippen molar-refractivity contribution in [1.29, 1.82) is 0 Å². The number of carbonyl (C=O) groups is 1. The van der Waals surface area contributed by atoms with E-state index in [9.17, 15) is 4.79 Å². The van der Waals surface area contributed by atoms with Crippen molar-refractivity contribution in [3.05, 3.63) is 29.3 Å². The van der Waals surface area contributed by atoms with E-state index in [-0.39, 0.29) is 5.78 Å². The van der Waals surface area contributed by atoms with Gasteiger partial charge in [0.25, 0.3) is 0 Å². The molecule has 0 radical (unpaired) electrons. The highest BCUT2D eigenvalue weighted by Gasteiger charge is 2.40. The van der Waals surface area contributed by atoms with Crippen molar-refractivity contribution >= 4 is 20.3 Å². The minimum atomic E-state index is -2.74. The average molecular weight is 396 g/mol. The van der Waals surface area contributed by atoms with Gasteiger partial charge >= 0.3 is 8.80 Å². The topological polar surface area (TPSA) is 57.2 Å². The van der Waals surface area contributed by atoms with Crippen LogP contribution in [0, 0.1) is 0 Å². The van der Waals surface area contributed by atoms with Gasteiger partial charge in [0.2, 0.25) is 0 Å². The lowest BCUT2D eigenvalue weighted by molar-refractivity contribution is 0.0713. The molecule has 0 saturated carbocycles. The molecular weight excluding hydrogens is 362 g/mol. The Bertz CT molecular complexity index is 587. The molecule has 7 heteroatoms. The first-order valence-corrected chi connectivity index (χ1v) is 11.9. The third-order valence-electron chi connectivity index (χ3n) is 4.64. The van der Waals surface area contributed by atoms with Crippen LogP contribution < -0.4 is 4.90 Å². The molecule has 0 N–H and O–H groups in total. The molecule has 1 fully saturated rings. The summed E-state index contributed by atoms with van der Waals surface area (Å²) in [7, 11) is -2.74. The van der Waals surface area contributed by atoms with Crippen LogP contribution in [0.5, 0.6) is 0 Å². The molecular formula is C20H33NO5Si. The molecule has 152 valence electrons.